The van der Waals surface area contributed by atoms with Crippen molar-refractivity contribution < 1.29 is 5.11 Å². The Balaban J connectivity index is 0.000000461. The summed E-state index contributed by atoms with van der Waals surface area (Å²) in [5, 5.41) is 8.84. The lowest BCUT2D eigenvalue weighted by Crippen LogP contribution is -1.83. The SMILES string of the molecule is CC.Cc1cccc2[nH]c(CO)nc12. The molecule has 0 spiro atoms. The van der Waals surface area contributed by atoms with Crippen LogP contribution in [0.5, 0.6) is 0 Å². The first-order valence-corrected chi connectivity index (χ1v) is 4.86. The first kappa shape index (κ1) is 10.7. The number of H-pyrrole nitrogens is 1. The Bertz CT molecular complexity index is 407. The van der Waals surface area contributed by atoms with E-state index in [0.717, 1.165) is 16.6 Å². The van der Waals surface area contributed by atoms with Crippen LogP contribution in [0.4, 0.5) is 0 Å². The number of fused-ring (bicyclic) bond motifs is 1. The van der Waals surface area contributed by atoms with E-state index in [0.29, 0.717) is 5.82 Å². The van der Waals surface area contributed by atoms with Gasteiger partial charge in [-0.2, -0.15) is 0 Å². The summed E-state index contributed by atoms with van der Waals surface area (Å²) < 4.78 is 0. The van der Waals surface area contributed by atoms with Gasteiger partial charge in [-0.3, -0.25) is 0 Å². The molecule has 0 radical (unpaired) electrons. The van der Waals surface area contributed by atoms with Crippen LogP contribution in [0.25, 0.3) is 11.0 Å². The van der Waals surface area contributed by atoms with Crippen LogP contribution >= 0.6 is 0 Å². The maximum Gasteiger partial charge on any atom is 0.133 e. The first-order chi connectivity index (χ1) is 6.81. The minimum atomic E-state index is -0.0336. The minimum absolute atomic E-state index is 0.0336. The third-order valence-corrected chi connectivity index (χ3v) is 1.91. The number of hydrogen-bond acceptors (Lipinski definition) is 2. The lowest BCUT2D eigenvalue weighted by Gasteiger charge is -1.90. The van der Waals surface area contributed by atoms with E-state index in [-0.39, 0.29) is 6.61 Å². The average Bonchev–Trinajstić information content (AvgIpc) is 2.65. The van der Waals surface area contributed by atoms with E-state index in [9.17, 15) is 0 Å². The fourth-order valence-electron chi connectivity index (χ4n) is 1.30. The van der Waals surface area contributed by atoms with Crippen LogP contribution in [0, 0.1) is 6.92 Å². The lowest BCUT2D eigenvalue weighted by atomic mass is 10.2. The fraction of sp³-hybridized carbons (Fsp3) is 0.364. The van der Waals surface area contributed by atoms with Gasteiger partial charge in [0.05, 0.1) is 11.0 Å². The molecule has 0 atom stereocenters. The number of aliphatic hydroxyl groups excluding tert-OH is 1. The van der Waals surface area contributed by atoms with Crippen molar-refractivity contribution in [2.75, 3.05) is 0 Å². The zero-order chi connectivity index (χ0) is 10.6. The molecular formula is C11H16N2O. The highest BCUT2D eigenvalue weighted by atomic mass is 16.3. The Labute approximate surface area is 83.8 Å². The summed E-state index contributed by atoms with van der Waals surface area (Å²) in [6, 6.07) is 5.93. The Morgan fingerprint density at radius 1 is 1.36 bits per heavy atom. The largest absolute Gasteiger partial charge is 0.388 e. The van der Waals surface area contributed by atoms with Crippen molar-refractivity contribution in [2.45, 2.75) is 27.4 Å². The summed E-state index contributed by atoms with van der Waals surface area (Å²) in [7, 11) is 0. The van der Waals surface area contributed by atoms with Crippen LogP contribution in [-0.2, 0) is 6.61 Å². The molecule has 0 aliphatic carbocycles. The van der Waals surface area contributed by atoms with E-state index in [1.807, 2.05) is 39.0 Å². The van der Waals surface area contributed by atoms with Crippen molar-refractivity contribution in [2.24, 2.45) is 0 Å². The molecule has 2 rings (SSSR count). The van der Waals surface area contributed by atoms with Crippen LogP contribution in [0.3, 0.4) is 0 Å². The number of benzene rings is 1. The number of aliphatic hydroxyl groups is 1. The van der Waals surface area contributed by atoms with Crippen molar-refractivity contribution in [3.8, 4) is 0 Å². The zero-order valence-corrected chi connectivity index (χ0v) is 8.83. The molecule has 2 N–H and O–H groups in total. The fourth-order valence-corrected chi connectivity index (χ4v) is 1.30. The van der Waals surface area contributed by atoms with Crippen molar-refractivity contribution in [3.05, 3.63) is 29.6 Å². The van der Waals surface area contributed by atoms with Gasteiger partial charge in [-0.25, -0.2) is 4.98 Å². The van der Waals surface area contributed by atoms with Gasteiger partial charge in [-0.1, -0.05) is 26.0 Å². The quantitative estimate of drug-likeness (QED) is 0.728. The first-order valence-electron chi connectivity index (χ1n) is 4.86. The third-order valence-electron chi connectivity index (χ3n) is 1.91. The van der Waals surface area contributed by atoms with E-state index < -0.39 is 0 Å². The van der Waals surface area contributed by atoms with E-state index in [1.54, 1.807) is 0 Å². The van der Waals surface area contributed by atoms with Gasteiger partial charge in [0.2, 0.25) is 0 Å². The topological polar surface area (TPSA) is 48.9 Å². The van der Waals surface area contributed by atoms with Gasteiger partial charge in [0.25, 0.3) is 0 Å². The predicted molar refractivity (Wildman–Crippen MR) is 58.1 cm³/mol. The van der Waals surface area contributed by atoms with Crippen molar-refractivity contribution in [3.63, 3.8) is 0 Å². The number of imidazole rings is 1. The van der Waals surface area contributed by atoms with Gasteiger partial charge in [-0.15, -0.1) is 0 Å². The summed E-state index contributed by atoms with van der Waals surface area (Å²) >= 11 is 0. The number of hydrogen-bond donors (Lipinski definition) is 2. The van der Waals surface area contributed by atoms with E-state index in [1.165, 1.54) is 0 Å². The molecule has 0 aliphatic rings. The van der Waals surface area contributed by atoms with E-state index in [2.05, 4.69) is 9.97 Å². The maximum atomic E-state index is 8.84. The molecule has 2 aromatic rings. The molecule has 0 bridgehead atoms. The van der Waals surface area contributed by atoms with Crippen molar-refractivity contribution in [1.82, 2.24) is 9.97 Å². The number of nitrogens with one attached hydrogen (secondary N) is 1. The molecule has 1 heterocycles. The predicted octanol–water partition coefficient (Wildman–Crippen LogP) is 2.39. The molecule has 1 aromatic carbocycles. The smallest absolute Gasteiger partial charge is 0.133 e. The molecule has 0 saturated heterocycles. The summed E-state index contributed by atoms with van der Waals surface area (Å²) in [5.41, 5.74) is 3.06. The van der Waals surface area contributed by atoms with Gasteiger partial charge in [0.1, 0.15) is 12.4 Å². The number of nitrogens with zero attached hydrogens (tertiary/aromatic N) is 1. The Kier molecular flexibility index (Phi) is 3.65. The van der Waals surface area contributed by atoms with E-state index in [4.69, 9.17) is 5.11 Å². The number of para-hydroxylation sites is 1. The minimum Gasteiger partial charge on any atom is -0.388 e. The molecule has 0 saturated carbocycles. The van der Waals surface area contributed by atoms with Crippen LogP contribution in [0.15, 0.2) is 18.2 Å². The van der Waals surface area contributed by atoms with Gasteiger partial charge in [-0.05, 0) is 18.6 Å². The third kappa shape index (κ3) is 1.93. The molecule has 14 heavy (non-hydrogen) atoms. The van der Waals surface area contributed by atoms with Gasteiger partial charge >= 0.3 is 0 Å². The van der Waals surface area contributed by atoms with Crippen molar-refractivity contribution >= 4 is 11.0 Å². The molecule has 0 aliphatic heterocycles. The highest BCUT2D eigenvalue weighted by molar-refractivity contribution is 5.78. The van der Waals surface area contributed by atoms with Gasteiger partial charge < -0.3 is 10.1 Å². The highest BCUT2D eigenvalue weighted by Gasteiger charge is 2.02. The standard InChI is InChI=1S/C9H10N2O.C2H6/c1-6-3-2-4-7-9(6)11-8(5-12)10-7;1-2/h2-4,12H,5H2,1H3,(H,10,11);1-2H3. The van der Waals surface area contributed by atoms with Crippen LogP contribution in [0.2, 0.25) is 0 Å². The number of aromatic amines is 1. The maximum absolute atomic E-state index is 8.84. The van der Waals surface area contributed by atoms with Gasteiger partial charge in [0, 0.05) is 0 Å². The second-order valence-corrected chi connectivity index (χ2v) is 2.81. The molecule has 0 amide bonds. The highest BCUT2D eigenvalue weighted by Crippen LogP contribution is 2.14. The normalized spacial score (nSPS) is 9.71. The summed E-state index contributed by atoms with van der Waals surface area (Å²) in [6.07, 6.45) is 0. The zero-order valence-electron chi connectivity index (χ0n) is 8.83. The number of aryl methyl sites for hydroxylation is 1. The summed E-state index contributed by atoms with van der Waals surface area (Å²) in [6.45, 7) is 5.97. The average molecular weight is 192 g/mol. The lowest BCUT2D eigenvalue weighted by molar-refractivity contribution is 0.273. The van der Waals surface area contributed by atoms with Crippen LogP contribution < -0.4 is 0 Å². The molecule has 3 heteroatoms. The Hall–Kier alpha value is -1.35. The molecule has 3 nitrogen and oxygen atoms in total. The second kappa shape index (κ2) is 4.77. The second-order valence-electron chi connectivity index (χ2n) is 2.81. The Morgan fingerprint density at radius 2 is 2.07 bits per heavy atom. The number of rotatable bonds is 1. The van der Waals surface area contributed by atoms with Crippen LogP contribution in [-0.4, -0.2) is 15.1 Å². The van der Waals surface area contributed by atoms with Gasteiger partial charge in [0.15, 0.2) is 0 Å². The Morgan fingerprint density at radius 3 is 2.64 bits per heavy atom. The molecule has 0 unspecified atom stereocenters. The van der Waals surface area contributed by atoms with Crippen LogP contribution in [0.1, 0.15) is 25.2 Å². The monoisotopic (exact) mass is 192 g/mol. The summed E-state index contributed by atoms with van der Waals surface area (Å²) in [4.78, 5) is 7.25. The van der Waals surface area contributed by atoms with E-state index >= 15 is 0 Å². The molecule has 1 aromatic heterocycles. The van der Waals surface area contributed by atoms with Crippen molar-refractivity contribution in [1.29, 1.82) is 0 Å². The number of aromatic nitrogens is 2. The summed E-state index contributed by atoms with van der Waals surface area (Å²) in [5.74, 6) is 0.624. The molecule has 0 fully saturated rings. The molecule has 76 valence electrons. The molecular weight excluding hydrogens is 176 g/mol.